The molecule has 0 spiro atoms. The number of nitrogen functional groups attached to an aromatic ring is 1. The van der Waals surface area contributed by atoms with E-state index < -0.39 is 44.7 Å². The molecule has 0 bridgehead atoms. The molecule has 1 aromatic heterocycles. The minimum Gasteiger partial charge on any atom is -0.387 e. The molecule has 2 rings (SSSR count). The number of ether oxygens (including phenoxy) is 2. The minimum absolute atomic E-state index is 0.000160. The lowest BCUT2D eigenvalue weighted by atomic mass is 10.1. The predicted molar refractivity (Wildman–Crippen MR) is 192 cm³/mol. The Hall–Kier alpha value is -1.02. The minimum atomic E-state index is -4.55. The second-order valence-corrected chi connectivity index (χ2v) is 15.5. The van der Waals surface area contributed by atoms with Gasteiger partial charge >= 0.3 is 13.5 Å². The van der Waals surface area contributed by atoms with Crippen LogP contribution in [0.15, 0.2) is 17.1 Å². The summed E-state index contributed by atoms with van der Waals surface area (Å²) < 4.78 is 35.9. The zero-order chi connectivity index (χ0) is 35.0. The number of rotatable bonds is 30. The SMILES string of the molecule is CCCCCCCCCCCCSCC(COP(=O)(O)OC[C@H]1O[C@@H](n2ccc(N)nc2=O)[C@@H](O)[C@@H]1O)OCCCCCCCCCC. The molecule has 6 atom stereocenters. The average Bonchev–Trinajstić information content (AvgIpc) is 3.34. The maximum atomic E-state index is 12.8. The summed E-state index contributed by atoms with van der Waals surface area (Å²) in [5.41, 5.74) is 4.75. The maximum Gasteiger partial charge on any atom is 0.472 e. The normalized spacial score (nSPS) is 21.4. The molecular formula is C34H64N3O9PS. The summed E-state index contributed by atoms with van der Waals surface area (Å²) in [4.78, 5) is 26.2. The molecule has 2 heterocycles. The number of aliphatic hydroxyl groups excluding tert-OH is 2. The van der Waals surface area contributed by atoms with E-state index in [1.165, 1.54) is 109 Å². The van der Waals surface area contributed by atoms with Crippen molar-refractivity contribution in [2.75, 3.05) is 37.1 Å². The lowest BCUT2D eigenvalue weighted by Crippen LogP contribution is -2.36. The number of nitrogens with two attached hydrogens (primary N) is 1. The third-order valence-electron chi connectivity index (χ3n) is 8.59. The molecule has 280 valence electrons. The highest BCUT2D eigenvalue weighted by Crippen LogP contribution is 2.44. The van der Waals surface area contributed by atoms with Crippen LogP contribution >= 0.6 is 19.6 Å². The van der Waals surface area contributed by atoms with Crippen LogP contribution in [0.5, 0.6) is 0 Å². The number of unbranched alkanes of at least 4 members (excludes halogenated alkanes) is 16. The standard InChI is InChI=1S/C34H64N3O9PS/c1-3-5-7-9-11-13-14-16-18-20-24-48-27-28(43-23-19-17-15-12-10-8-6-4-2)25-44-47(41,42)45-26-29-31(38)32(39)33(46-29)37-22-21-30(35)36-34(37)40/h21-22,28-29,31-33,38-39H,3-20,23-27H2,1-2H3,(H,41,42)(H2,35,36,40)/t28?,29-,31-,32+,33-/m1/s1. The molecule has 0 saturated carbocycles. The molecule has 1 aliphatic rings. The molecule has 12 nitrogen and oxygen atoms in total. The Kier molecular flexibility index (Phi) is 23.2. The summed E-state index contributed by atoms with van der Waals surface area (Å²) in [5, 5.41) is 20.9. The highest BCUT2D eigenvalue weighted by Gasteiger charge is 2.45. The van der Waals surface area contributed by atoms with Gasteiger partial charge in [0.15, 0.2) is 6.23 Å². The first-order valence-electron chi connectivity index (χ1n) is 18.4. The molecule has 1 aromatic rings. The van der Waals surface area contributed by atoms with E-state index in [4.69, 9.17) is 24.3 Å². The van der Waals surface area contributed by atoms with Gasteiger partial charge in [-0.1, -0.05) is 117 Å². The third kappa shape index (κ3) is 18.3. The molecule has 0 aliphatic carbocycles. The number of aromatic nitrogens is 2. The van der Waals surface area contributed by atoms with Crippen molar-refractivity contribution in [2.45, 2.75) is 160 Å². The molecule has 0 radical (unpaired) electrons. The topological polar surface area (TPSA) is 176 Å². The summed E-state index contributed by atoms with van der Waals surface area (Å²) in [6.45, 7) is 4.35. The van der Waals surface area contributed by atoms with Gasteiger partial charge in [0.05, 0.1) is 19.3 Å². The van der Waals surface area contributed by atoms with Gasteiger partial charge in [0.2, 0.25) is 0 Å². The summed E-state index contributed by atoms with van der Waals surface area (Å²) in [5.74, 6) is 1.63. The van der Waals surface area contributed by atoms with Gasteiger partial charge in [-0.15, -0.1) is 0 Å². The number of hydrogen-bond acceptors (Lipinski definition) is 11. The lowest BCUT2D eigenvalue weighted by molar-refractivity contribution is -0.0564. The number of aliphatic hydroxyl groups is 2. The molecule has 0 amide bonds. The summed E-state index contributed by atoms with van der Waals surface area (Å²) in [6.07, 6.45) is 17.8. The Balaban J connectivity index is 1.75. The van der Waals surface area contributed by atoms with E-state index in [1.807, 2.05) is 0 Å². The van der Waals surface area contributed by atoms with Crippen molar-refractivity contribution in [1.82, 2.24) is 9.55 Å². The Morgan fingerprint density at radius 2 is 1.46 bits per heavy atom. The first-order valence-corrected chi connectivity index (χ1v) is 21.0. The van der Waals surface area contributed by atoms with Gasteiger partial charge < -0.3 is 30.3 Å². The van der Waals surface area contributed by atoms with E-state index in [9.17, 15) is 24.5 Å². The van der Waals surface area contributed by atoms with Gasteiger partial charge in [-0.2, -0.15) is 16.7 Å². The Morgan fingerprint density at radius 1 is 0.896 bits per heavy atom. The van der Waals surface area contributed by atoms with Crippen molar-refractivity contribution in [3.8, 4) is 0 Å². The zero-order valence-electron chi connectivity index (χ0n) is 29.4. The van der Waals surface area contributed by atoms with Crippen LogP contribution in [0.2, 0.25) is 0 Å². The van der Waals surface area contributed by atoms with E-state index in [0.29, 0.717) is 12.4 Å². The van der Waals surface area contributed by atoms with Crippen LogP contribution < -0.4 is 11.4 Å². The highest BCUT2D eigenvalue weighted by atomic mass is 32.2. The van der Waals surface area contributed by atoms with Crippen molar-refractivity contribution in [3.63, 3.8) is 0 Å². The van der Waals surface area contributed by atoms with Gasteiger partial charge in [0.25, 0.3) is 0 Å². The average molecular weight is 722 g/mol. The van der Waals surface area contributed by atoms with Crippen molar-refractivity contribution >= 4 is 25.4 Å². The number of phosphoric acid groups is 1. The van der Waals surface area contributed by atoms with Crippen molar-refractivity contribution in [2.24, 2.45) is 0 Å². The summed E-state index contributed by atoms with van der Waals surface area (Å²) in [7, 11) is -4.55. The molecule has 0 aromatic carbocycles. The predicted octanol–water partition coefficient (Wildman–Crippen LogP) is 6.76. The molecule has 5 N–H and O–H groups in total. The fraction of sp³-hybridized carbons (Fsp3) is 0.882. The molecule has 2 unspecified atom stereocenters. The van der Waals surface area contributed by atoms with E-state index in [1.54, 1.807) is 11.8 Å². The monoisotopic (exact) mass is 721 g/mol. The number of thioether (sulfide) groups is 1. The molecular weight excluding hydrogens is 657 g/mol. The number of hydrogen-bond donors (Lipinski definition) is 4. The zero-order valence-corrected chi connectivity index (χ0v) is 31.1. The summed E-state index contributed by atoms with van der Waals surface area (Å²) in [6, 6.07) is 1.35. The highest BCUT2D eigenvalue weighted by molar-refractivity contribution is 7.99. The second-order valence-electron chi connectivity index (χ2n) is 12.9. The van der Waals surface area contributed by atoms with E-state index in [0.717, 1.165) is 29.6 Å². The second kappa shape index (κ2) is 25.9. The van der Waals surface area contributed by atoms with Gasteiger partial charge in [-0.3, -0.25) is 13.6 Å². The smallest absolute Gasteiger partial charge is 0.387 e. The summed E-state index contributed by atoms with van der Waals surface area (Å²) >= 11 is 1.76. The van der Waals surface area contributed by atoms with Gasteiger partial charge in [0, 0.05) is 18.6 Å². The van der Waals surface area contributed by atoms with Crippen molar-refractivity contribution < 1.29 is 38.2 Å². The molecule has 1 aliphatic heterocycles. The molecule has 1 fully saturated rings. The van der Waals surface area contributed by atoms with Crippen molar-refractivity contribution in [1.29, 1.82) is 0 Å². The fourth-order valence-electron chi connectivity index (χ4n) is 5.64. The van der Waals surface area contributed by atoms with Crippen LogP contribution in [0.4, 0.5) is 5.82 Å². The first-order chi connectivity index (χ1) is 23.2. The van der Waals surface area contributed by atoms with Crippen LogP contribution in [0.3, 0.4) is 0 Å². The Bertz CT molecular complexity index is 1070. The Labute approximate surface area is 292 Å². The van der Waals surface area contributed by atoms with E-state index >= 15 is 0 Å². The van der Waals surface area contributed by atoms with Gasteiger partial charge in [-0.25, -0.2) is 9.36 Å². The van der Waals surface area contributed by atoms with Gasteiger partial charge in [0.1, 0.15) is 24.1 Å². The number of anilines is 1. The Morgan fingerprint density at radius 3 is 2.04 bits per heavy atom. The molecule has 48 heavy (non-hydrogen) atoms. The van der Waals surface area contributed by atoms with Crippen LogP contribution in [0, 0.1) is 0 Å². The van der Waals surface area contributed by atoms with Crippen LogP contribution in [-0.4, -0.2) is 80.4 Å². The van der Waals surface area contributed by atoms with Crippen LogP contribution in [-0.2, 0) is 23.1 Å². The lowest BCUT2D eigenvalue weighted by Gasteiger charge is -2.21. The maximum absolute atomic E-state index is 12.8. The van der Waals surface area contributed by atoms with E-state index in [-0.39, 0.29) is 18.5 Å². The van der Waals surface area contributed by atoms with Crippen LogP contribution in [0.25, 0.3) is 0 Å². The van der Waals surface area contributed by atoms with Crippen LogP contribution in [0.1, 0.15) is 136 Å². The number of nitrogens with zero attached hydrogens (tertiary/aromatic N) is 2. The third-order valence-corrected chi connectivity index (χ3v) is 10.7. The first kappa shape index (κ1) is 43.1. The quantitative estimate of drug-likeness (QED) is 0.0486. The number of phosphoric ester groups is 1. The van der Waals surface area contributed by atoms with Crippen molar-refractivity contribution in [3.05, 3.63) is 22.7 Å². The largest absolute Gasteiger partial charge is 0.472 e. The fourth-order valence-corrected chi connectivity index (χ4v) is 7.43. The molecule has 14 heteroatoms. The van der Waals surface area contributed by atoms with Gasteiger partial charge in [-0.05, 0) is 24.7 Å². The molecule has 1 saturated heterocycles. The van der Waals surface area contributed by atoms with E-state index in [2.05, 4.69) is 18.8 Å².